The van der Waals surface area contributed by atoms with Crippen LogP contribution in [0.1, 0.15) is 13.3 Å². The minimum absolute atomic E-state index is 0.125. The molecule has 0 aromatic heterocycles. The second-order valence-electron chi connectivity index (χ2n) is 3.82. The molecule has 0 aromatic rings. The van der Waals surface area contributed by atoms with Crippen LogP contribution in [0, 0.1) is 0 Å². The number of piperazine rings is 1. The number of rotatable bonds is 2. The molecule has 1 atom stereocenters. The molecule has 2 rings (SSSR count). The van der Waals surface area contributed by atoms with E-state index in [2.05, 4.69) is 10.6 Å². The lowest BCUT2D eigenvalue weighted by atomic mass is 10.0. The molecule has 0 aromatic carbocycles. The first-order chi connectivity index (χ1) is 6.72. The van der Waals surface area contributed by atoms with Gasteiger partial charge in [0.2, 0.25) is 11.8 Å². The van der Waals surface area contributed by atoms with E-state index in [1.807, 2.05) is 11.8 Å². The van der Waals surface area contributed by atoms with Crippen molar-refractivity contribution in [1.82, 2.24) is 15.5 Å². The first-order valence-electron chi connectivity index (χ1n) is 5.02. The molecule has 2 fully saturated rings. The summed E-state index contributed by atoms with van der Waals surface area (Å²) in [5.41, 5.74) is 0. The maximum absolute atomic E-state index is 11.5. The zero-order chi connectivity index (χ0) is 10.1. The molecule has 0 saturated carbocycles. The second-order valence-corrected chi connectivity index (χ2v) is 3.82. The number of hydrogen-bond donors (Lipinski definition) is 2. The van der Waals surface area contributed by atoms with E-state index in [0.717, 1.165) is 19.5 Å². The number of nitrogens with zero attached hydrogens (tertiary/aromatic N) is 1. The van der Waals surface area contributed by atoms with Crippen molar-refractivity contribution in [2.45, 2.75) is 25.4 Å². The highest BCUT2D eigenvalue weighted by molar-refractivity contribution is 6.01. The van der Waals surface area contributed by atoms with Crippen LogP contribution in [0.4, 0.5) is 0 Å². The van der Waals surface area contributed by atoms with Crippen LogP contribution >= 0.6 is 0 Å². The Morgan fingerprint density at radius 1 is 1.43 bits per heavy atom. The molecule has 2 N–H and O–H groups in total. The molecule has 1 unspecified atom stereocenters. The summed E-state index contributed by atoms with van der Waals surface area (Å²) in [6, 6.07) is 0.231. The molecule has 2 saturated heterocycles. The van der Waals surface area contributed by atoms with E-state index in [9.17, 15) is 9.59 Å². The van der Waals surface area contributed by atoms with Gasteiger partial charge in [0, 0.05) is 19.1 Å². The standard InChI is InChI=1S/C9H15N3O2/c1-2-7-9(14)11-8(13)5-12(7)6-3-10-4-6/h6-7,10H,2-5H2,1H3,(H,11,13,14). The van der Waals surface area contributed by atoms with Crippen LogP contribution in [0.15, 0.2) is 0 Å². The van der Waals surface area contributed by atoms with Crippen molar-refractivity contribution in [3.63, 3.8) is 0 Å². The van der Waals surface area contributed by atoms with Crippen molar-refractivity contribution >= 4 is 11.8 Å². The second kappa shape index (κ2) is 3.67. The van der Waals surface area contributed by atoms with Gasteiger partial charge in [0.05, 0.1) is 12.6 Å². The van der Waals surface area contributed by atoms with Gasteiger partial charge in [-0.15, -0.1) is 0 Å². The van der Waals surface area contributed by atoms with E-state index < -0.39 is 0 Å². The Kier molecular flexibility index (Phi) is 2.52. The highest BCUT2D eigenvalue weighted by Gasteiger charge is 2.38. The van der Waals surface area contributed by atoms with Crippen molar-refractivity contribution < 1.29 is 9.59 Å². The van der Waals surface area contributed by atoms with Crippen molar-refractivity contribution in [3.05, 3.63) is 0 Å². The molecular formula is C9H15N3O2. The number of hydrogen-bond acceptors (Lipinski definition) is 4. The average Bonchev–Trinajstić information content (AvgIpc) is 1.99. The van der Waals surface area contributed by atoms with Crippen LogP contribution in [0.2, 0.25) is 0 Å². The Labute approximate surface area is 82.8 Å². The Morgan fingerprint density at radius 3 is 2.64 bits per heavy atom. The van der Waals surface area contributed by atoms with Gasteiger partial charge >= 0.3 is 0 Å². The maximum atomic E-state index is 11.5. The van der Waals surface area contributed by atoms with Gasteiger partial charge in [-0.3, -0.25) is 19.8 Å². The topological polar surface area (TPSA) is 61.4 Å². The summed E-state index contributed by atoms with van der Waals surface area (Å²) in [5, 5.41) is 5.52. The molecule has 0 bridgehead atoms. The van der Waals surface area contributed by atoms with Crippen molar-refractivity contribution in [2.75, 3.05) is 19.6 Å². The molecular weight excluding hydrogens is 182 g/mol. The van der Waals surface area contributed by atoms with E-state index in [-0.39, 0.29) is 17.9 Å². The molecule has 5 heteroatoms. The predicted octanol–water partition coefficient (Wildman–Crippen LogP) is -1.30. The fourth-order valence-electron chi connectivity index (χ4n) is 2.00. The molecule has 5 nitrogen and oxygen atoms in total. The van der Waals surface area contributed by atoms with Gasteiger partial charge in [-0.1, -0.05) is 6.92 Å². The minimum atomic E-state index is -0.174. The molecule has 2 amide bonds. The summed E-state index contributed by atoms with van der Waals surface area (Å²) >= 11 is 0. The van der Waals surface area contributed by atoms with Gasteiger partial charge in [-0.25, -0.2) is 0 Å². The Morgan fingerprint density at radius 2 is 2.14 bits per heavy atom. The normalized spacial score (nSPS) is 29.9. The van der Waals surface area contributed by atoms with E-state index in [1.54, 1.807) is 0 Å². The summed E-state index contributed by atoms with van der Waals surface area (Å²) in [7, 11) is 0. The minimum Gasteiger partial charge on any atom is -0.314 e. The van der Waals surface area contributed by atoms with Crippen molar-refractivity contribution in [3.8, 4) is 0 Å². The van der Waals surface area contributed by atoms with E-state index in [1.165, 1.54) is 0 Å². The Bertz CT molecular complexity index is 263. The number of imide groups is 1. The van der Waals surface area contributed by atoms with Crippen LogP contribution in [-0.4, -0.2) is 48.4 Å². The van der Waals surface area contributed by atoms with E-state index >= 15 is 0 Å². The Hall–Kier alpha value is -0.940. The summed E-state index contributed by atoms with van der Waals surface area (Å²) in [6.45, 7) is 4.10. The van der Waals surface area contributed by atoms with E-state index in [0.29, 0.717) is 12.6 Å². The third-order valence-corrected chi connectivity index (χ3v) is 2.91. The fourth-order valence-corrected chi connectivity index (χ4v) is 2.00. The largest absolute Gasteiger partial charge is 0.314 e. The summed E-state index contributed by atoms with van der Waals surface area (Å²) in [6.07, 6.45) is 0.760. The molecule has 0 aliphatic carbocycles. The monoisotopic (exact) mass is 197 g/mol. The van der Waals surface area contributed by atoms with Crippen LogP contribution < -0.4 is 10.6 Å². The smallest absolute Gasteiger partial charge is 0.243 e. The lowest BCUT2D eigenvalue weighted by molar-refractivity contribution is -0.142. The molecule has 0 radical (unpaired) electrons. The molecule has 0 spiro atoms. The first kappa shape index (κ1) is 9.61. The number of carbonyl (C=O) groups excluding carboxylic acids is 2. The number of nitrogens with one attached hydrogen (secondary N) is 2. The van der Waals surface area contributed by atoms with Gasteiger partial charge in [0.1, 0.15) is 0 Å². The van der Waals surface area contributed by atoms with Crippen LogP contribution in [-0.2, 0) is 9.59 Å². The first-order valence-corrected chi connectivity index (χ1v) is 5.02. The summed E-state index contributed by atoms with van der Waals surface area (Å²) < 4.78 is 0. The Balaban J connectivity index is 2.09. The van der Waals surface area contributed by atoms with Crippen LogP contribution in [0.25, 0.3) is 0 Å². The zero-order valence-corrected chi connectivity index (χ0v) is 8.25. The molecule has 2 heterocycles. The summed E-state index contributed by atoms with van der Waals surface area (Å²) in [4.78, 5) is 24.7. The zero-order valence-electron chi connectivity index (χ0n) is 8.25. The van der Waals surface area contributed by atoms with Crippen LogP contribution in [0.5, 0.6) is 0 Å². The lowest BCUT2D eigenvalue weighted by Crippen LogP contribution is -2.67. The lowest BCUT2D eigenvalue weighted by Gasteiger charge is -2.43. The van der Waals surface area contributed by atoms with Gasteiger partial charge in [0.25, 0.3) is 0 Å². The highest BCUT2D eigenvalue weighted by Crippen LogP contribution is 2.15. The molecule has 2 aliphatic rings. The predicted molar refractivity (Wildman–Crippen MR) is 50.6 cm³/mol. The molecule has 14 heavy (non-hydrogen) atoms. The van der Waals surface area contributed by atoms with Gasteiger partial charge in [0.15, 0.2) is 0 Å². The molecule has 2 aliphatic heterocycles. The van der Waals surface area contributed by atoms with Crippen molar-refractivity contribution in [2.24, 2.45) is 0 Å². The molecule has 78 valence electrons. The van der Waals surface area contributed by atoms with Crippen molar-refractivity contribution in [1.29, 1.82) is 0 Å². The number of amides is 2. The third kappa shape index (κ3) is 1.53. The quantitative estimate of drug-likeness (QED) is 0.540. The highest BCUT2D eigenvalue weighted by atomic mass is 16.2. The van der Waals surface area contributed by atoms with E-state index in [4.69, 9.17) is 0 Å². The SMILES string of the molecule is CCC1C(=O)NC(=O)CN1C1CNC1. The maximum Gasteiger partial charge on any atom is 0.243 e. The third-order valence-electron chi connectivity index (χ3n) is 2.91. The average molecular weight is 197 g/mol. The summed E-state index contributed by atoms with van der Waals surface area (Å²) in [5.74, 6) is -0.317. The van der Waals surface area contributed by atoms with Gasteiger partial charge < -0.3 is 5.32 Å². The number of carbonyl (C=O) groups is 2. The van der Waals surface area contributed by atoms with Crippen LogP contribution in [0.3, 0.4) is 0 Å². The van der Waals surface area contributed by atoms with Gasteiger partial charge in [-0.05, 0) is 6.42 Å². The van der Waals surface area contributed by atoms with Gasteiger partial charge in [-0.2, -0.15) is 0 Å². The fraction of sp³-hybridized carbons (Fsp3) is 0.778.